The first-order valence-corrected chi connectivity index (χ1v) is 5.02. The molecule has 0 unspecified atom stereocenters. The first-order valence-electron chi connectivity index (χ1n) is 5.02. The van der Waals surface area contributed by atoms with Crippen molar-refractivity contribution in [2.45, 2.75) is 19.9 Å². The van der Waals surface area contributed by atoms with Crippen molar-refractivity contribution in [2.75, 3.05) is 0 Å². The van der Waals surface area contributed by atoms with Crippen LogP contribution in [0, 0.1) is 15.9 Å². The molecule has 0 atom stereocenters. The zero-order valence-electron chi connectivity index (χ0n) is 8.97. The maximum absolute atomic E-state index is 13.3. The topological polar surface area (TPSA) is 78.3 Å². The third-order valence-corrected chi connectivity index (χ3v) is 2.38. The monoisotopic (exact) mass is 240 g/mol. The summed E-state index contributed by atoms with van der Waals surface area (Å²) in [4.78, 5) is 21.2. The Morgan fingerprint density at radius 3 is 2.82 bits per heavy atom. The zero-order valence-corrected chi connectivity index (χ0v) is 8.97. The molecule has 0 radical (unpaired) electrons. The van der Waals surface area contributed by atoms with Crippen molar-refractivity contribution in [3.63, 3.8) is 0 Å². The molecule has 7 heteroatoms. The molecule has 1 aromatic heterocycles. The van der Waals surface area contributed by atoms with Gasteiger partial charge in [-0.2, -0.15) is 4.39 Å². The molecule has 0 N–H and O–H groups in total. The molecule has 0 saturated heterocycles. The lowest BCUT2D eigenvalue weighted by Gasteiger charge is -1.98. The normalized spacial score (nSPS) is 10.9. The van der Waals surface area contributed by atoms with Crippen LogP contribution in [-0.4, -0.2) is 9.49 Å². The second-order valence-electron chi connectivity index (χ2n) is 3.55. The Balaban J connectivity index is 2.76. The molecule has 0 fully saturated rings. The van der Waals surface area contributed by atoms with E-state index < -0.39 is 22.2 Å². The SMILES string of the molecule is CCCn1c(=O)oc2cc(F)c([N+](=O)[O-])cc21. The number of halogens is 1. The van der Waals surface area contributed by atoms with E-state index in [0.29, 0.717) is 13.0 Å². The minimum atomic E-state index is -1.01. The van der Waals surface area contributed by atoms with Crippen LogP contribution < -0.4 is 5.76 Å². The average molecular weight is 240 g/mol. The highest BCUT2D eigenvalue weighted by molar-refractivity contribution is 5.76. The van der Waals surface area contributed by atoms with Gasteiger partial charge in [0.25, 0.3) is 0 Å². The maximum atomic E-state index is 13.3. The molecule has 0 aliphatic heterocycles. The summed E-state index contributed by atoms with van der Waals surface area (Å²) < 4.78 is 19.3. The second kappa shape index (κ2) is 4.00. The van der Waals surface area contributed by atoms with Crippen molar-refractivity contribution in [1.82, 2.24) is 4.57 Å². The van der Waals surface area contributed by atoms with Crippen molar-refractivity contribution in [1.29, 1.82) is 0 Å². The minimum absolute atomic E-state index is 0.0200. The number of aryl methyl sites for hydroxylation is 1. The van der Waals surface area contributed by atoms with E-state index in [4.69, 9.17) is 4.42 Å². The highest BCUT2D eigenvalue weighted by Crippen LogP contribution is 2.24. The number of fused-ring (bicyclic) bond motifs is 1. The molecule has 2 aromatic rings. The summed E-state index contributed by atoms with van der Waals surface area (Å²) >= 11 is 0. The van der Waals surface area contributed by atoms with Crippen LogP contribution in [0.5, 0.6) is 0 Å². The van der Waals surface area contributed by atoms with Gasteiger partial charge < -0.3 is 4.42 Å². The van der Waals surface area contributed by atoms with Gasteiger partial charge in [0, 0.05) is 18.7 Å². The van der Waals surface area contributed by atoms with Gasteiger partial charge in [-0.1, -0.05) is 6.92 Å². The van der Waals surface area contributed by atoms with Crippen LogP contribution >= 0.6 is 0 Å². The van der Waals surface area contributed by atoms with Gasteiger partial charge in [0.2, 0.25) is 5.82 Å². The Kier molecular flexibility index (Phi) is 2.66. The van der Waals surface area contributed by atoms with Gasteiger partial charge in [-0.05, 0) is 6.42 Å². The van der Waals surface area contributed by atoms with Crippen molar-refractivity contribution < 1.29 is 13.7 Å². The molecule has 0 spiro atoms. The minimum Gasteiger partial charge on any atom is -0.408 e. The number of nitro benzene ring substituents is 1. The van der Waals surface area contributed by atoms with E-state index in [9.17, 15) is 19.3 Å². The molecule has 90 valence electrons. The van der Waals surface area contributed by atoms with Crippen molar-refractivity contribution in [3.8, 4) is 0 Å². The van der Waals surface area contributed by atoms with Gasteiger partial charge in [-0.25, -0.2) is 4.79 Å². The quantitative estimate of drug-likeness (QED) is 0.607. The first kappa shape index (κ1) is 11.3. The summed E-state index contributed by atoms with van der Waals surface area (Å²) in [5, 5.41) is 10.6. The Morgan fingerprint density at radius 2 is 2.24 bits per heavy atom. The van der Waals surface area contributed by atoms with Gasteiger partial charge >= 0.3 is 11.4 Å². The number of aromatic nitrogens is 1. The summed E-state index contributed by atoms with van der Waals surface area (Å²) in [6.07, 6.45) is 0.666. The molecule has 0 saturated carbocycles. The smallest absolute Gasteiger partial charge is 0.408 e. The maximum Gasteiger partial charge on any atom is 0.419 e. The van der Waals surface area contributed by atoms with Crippen LogP contribution in [0.1, 0.15) is 13.3 Å². The Hall–Kier alpha value is -2.18. The third-order valence-electron chi connectivity index (χ3n) is 2.38. The summed E-state index contributed by atoms with van der Waals surface area (Å²) in [5.41, 5.74) is -0.403. The predicted molar refractivity (Wildman–Crippen MR) is 57.4 cm³/mol. The molecule has 0 bridgehead atoms. The van der Waals surface area contributed by atoms with E-state index in [2.05, 4.69) is 0 Å². The third kappa shape index (κ3) is 1.79. The lowest BCUT2D eigenvalue weighted by atomic mass is 10.2. The van der Waals surface area contributed by atoms with Crippen molar-refractivity contribution in [2.24, 2.45) is 0 Å². The van der Waals surface area contributed by atoms with Gasteiger partial charge in [0.1, 0.15) is 0 Å². The highest BCUT2D eigenvalue weighted by Gasteiger charge is 2.19. The number of nitro groups is 1. The Morgan fingerprint density at radius 1 is 1.53 bits per heavy atom. The number of nitrogens with zero attached hydrogens (tertiary/aromatic N) is 2. The molecule has 0 amide bonds. The Bertz CT molecular complexity index is 644. The molecular weight excluding hydrogens is 231 g/mol. The lowest BCUT2D eigenvalue weighted by molar-refractivity contribution is -0.387. The molecular formula is C10H9FN2O4. The Labute approximate surface area is 94.4 Å². The number of benzene rings is 1. The van der Waals surface area contributed by atoms with E-state index in [1.54, 1.807) is 0 Å². The summed E-state index contributed by atoms with van der Waals surface area (Å²) in [6, 6.07) is 1.88. The zero-order chi connectivity index (χ0) is 12.6. The van der Waals surface area contributed by atoms with Gasteiger partial charge in [-0.3, -0.25) is 14.7 Å². The largest absolute Gasteiger partial charge is 0.419 e. The standard InChI is InChI=1S/C10H9FN2O4/c1-2-3-12-8-5-7(13(15)16)6(11)4-9(8)17-10(12)14/h4-5H,2-3H2,1H3. The fraction of sp³-hybridized carbons (Fsp3) is 0.300. The average Bonchev–Trinajstić information content (AvgIpc) is 2.54. The molecule has 0 aliphatic carbocycles. The number of hydrogen-bond donors (Lipinski definition) is 0. The molecule has 0 aliphatic rings. The van der Waals surface area contributed by atoms with Crippen LogP contribution in [0.15, 0.2) is 21.3 Å². The van der Waals surface area contributed by atoms with Crippen LogP contribution in [0.25, 0.3) is 11.1 Å². The van der Waals surface area contributed by atoms with Crippen molar-refractivity contribution in [3.05, 3.63) is 38.6 Å². The predicted octanol–water partition coefficient (Wildman–Crippen LogP) is 2.05. The number of hydrogen-bond acceptors (Lipinski definition) is 4. The van der Waals surface area contributed by atoms with E-state index in [1.165, 1.54) is 4.57 Å². The van der Waals surface area contributed by atoms with Crippen LogP contribution in [0.2, 0.25) is 0 Å². The summed E-state index contributed by atoms with van der Waals surface area (Å²) in [6.45, 7) is 2.22. The van der Waals surface area contributed by atoms with E-state index in [-0.39, 0.29) is 11.1 Å². The van der Waals surface area contributed by atoms with E-state index >= 15 is 0 Å². The second-order valence-corrected chi connectivity index (χ2v) is 3.55. The molecule has 1 aromatic carbocycles. The summed E-state index contributed by atoms with van der Waals surface area (Å²) in [5.74, 6) is -1.65. The van der Waals surface area contributed by atoms with Crippen LogP contribution in [0.3, 0.4) is 0 Å². The number of rotatable bonds is 3. The van der Waals surface area contributed by atoms with Crippen LogP contribution in [-0.2, 0) is 6.54 Å². The molecule has 6 nitrogen and oxygen atoms in total. The highest BCUT2D eigenvalue weighted by atomic mass is 19.1. The van der Waals surface area contributed by atoms with Crippen LogP contribution in [0.4, 0.5) is 10.1 Å². The lowest BCUT2D eigenvalue weighted by Crippen LogP contribution is -2.13. The molecule has 2 rings (SSSR count). The molecule has 1 heterocycles. The van der Waals surface area contributed by atoms with E-state index in [0.717, 1.165) is 12.1 Å². The fourth-order valence-corrected chi connectivity index (χ4v) is 1.65. The molecule has 17 heavy (non-hydrogen) atoms. The number of oxazole rings is 1. The van der Waals surface area contributed by atoms with E-state index in [1.807, 2.05) is 6.92 Å². The summed E-state index contributed by atoms with van der Waals surface area (Å²) in [7, 11) is 0. The van der Waals surface area contributed by atoms with Crippen molar-refractivity contribution >= 4 is 16.8 Å². The fourth-order valence-electron chi connectivity index (χ4n) is 1.65. The van der Waals surface area contributed by atoms with Gasteiger partial charge in [0.15, 0.2) is 5.58 Å². The van der Waals surface area contributed by atoms with Gasteiger partial charge in [-0.15, -0.1) is 0 Å². The first-order chi connectivity index (χ1) is 8.04. The van der Waals surface area contributed by atoms with Gasteiger partial charge in [0.05, 0.1) is 10.4 Å².